The lowest BCUT2D eigenvalue weighted by Crippen LogP contribution is -1.87. The summed E-state index contributed by atoms with van der Waals surface area (Å²) in [5, 5.41) is 1.46. The Labute approximate surface area is 81.8 Å². The van der Waals surface area contributed by atoms with Crippen LogP contribution in [0.4, 0.5) is 10.1 Å². The summed E-state index contributed by atoms with van der Waals surface area (Å²) in [6.45, 7) is 0. The molecule has 1 nitrogen and oxygen atoms in total. The van der Waals surface area contributed by atoms with E-state index < -0.39 is 0 Å². The molecule has 68 valence electrons. The van der Waals surface area contributed by atoms with Crippen LogP contribution in [-0.4, -0.2) is 0 Å². The smallest absolute Gasteiger partial charge is 0.133 e. The number of halogens is 2. The quantitative estimate of drug-likeness (QED) is 0.646. The molecule has 0 unspecified atom stereocenters. The van der Waals surface area contributed by atoms with Crippen molar-refractivity contribution in [3.8, 4) is 0 Å². The molecular formula is C10H9ClFN. The SMILES string of the molecule is Cl.Nc1cc(F)c2ccccc2c1. The molecule has 2 rings (SSSR count). The fraction of sp³-hybridized carbons (Fsp3) is 0. The van der Waals surface area contributed by atoms with E-state index in [0.717, 1.165) is 5.39 Å². The molecule has 0 aliphatic carbocycles. The van der Waals surface area contributed by atoms with Crippen molar-refractivity contribution in [1.29, 1.82) is 0 Å². The van der Waals surface area contributed by atoms with Gasteiger partial charge in [-0.1, -0.05) is 24.3 Å². The molecule has 0 atom stereocenters. The number of nitrogen functional groups attached to an aromatic ring is 1. The average Bonchev–Trinajstić information content (AvgIpc) is 2.04. The lowest BCUT2D eigenvalue weighted by molar-refractivity contribution is 0.640. The highest BCUT2D eigenvalue weighted by atomic mass is 35.5. The molecule has 0 aliphatic rings. The normalized spacial score (nSPS) is 9.62. The standard InChI is InChI=1S/C10H8FN.ClH/c11-10-6-8(12)5-7-3-1-2-4-9(7)10;/h1-6H,12H2;1H. The summed E-state index contributed by atoms with van der Waals surface area (Å²) in [5.74, 6) is -0.259. The van der Waals surface area contributed by atoms with Gasteiger partial charge in [0.05, 0.1) is 0 Å². The molecule has 13 heavy (non-hydrogen) atoms. The molecule has 2 N–H and O–H groups in total. The van der Waals surface area contributed by atoms with E-state index in [2.05, 4.69) is 0 Å². The lowest BCUT2D eigenvalue weighted by Gasteiger charge is -1.99. The maximum atomic E-state index is 13.2. The van der Waals surface area contributed by atoms with Gasteiger partial charge in [-0.05, 0) is 17.5 Å². The monoisotopic (exact) mass is 197 g/mol. The fourth-order valence-corrected chi connectivity index (χ4v) is 1.29. The topological polar surface area (TPSA) is 26.0 Å². The summed E-state index contributed by atoms with van der Waals surface area (Å²) in [4.78, 5) is 0. The van der Waals surface area contributed by atoms with Crippen LogP contribution in [0.5, 0.6) is 0 Å². The van der Waals surface area contributed by atoms with Crippen LogP contribution in [0.3, 0.4) is 0 Å². The van der Waals surface area contributed by atoms with Gasteiger partial charge in [-0.15, -0.1) is 12.4 Å². The van der Waals surface area contributed by atoms with Crippen LogP contribution in [0.15, 0.2) is 36.4 Å². The zero-order valence-corrected chi connectivity index (χ0v) is 7.64. The molecule has 0 aliphatic heterocycles. The Morgan fingerprint density at radius 2 is 1.77 bits per heavy atom. The summed E-state index contributed by atoms with van der Waals surface area (Å²) in [6, 6.07) is 10.3. The third kappa shape index (κ3) is 1.73. The van der Waals surface area contributed by atoms with Crippen molar-refractivity contribution < 1.29 is 4.39 Å². The van der Waals surface area contributed by atoms with E-state index in [9.17, 15) is 4.39 Å². The number of nitrogens with two attached hydrogens (primary N) is 1. The van der Waals surface area contributed by atoms with E-state index in [1.807, 2.05) is 18.2 Å². The van der Waals surface area contributed by atoms with E-state index in [1.54, 1.807) is 12.1 Å². The van der Waals surface area contributed by atoms with Crippen LogP contribution in [0.1, 0.15) is 0 Å². The van der Waals surface area contributed by atoms with E-state index in [1.165, 1.54) is 6.07 Å². The Bertz CT molecular complexity index is 428. The zero-order valence-electron chi connectivity index (χ0n) is 6.83. The molecule has 0 saturated carbocycles. The Hall–Kier alpha value is -1.28. The summed E-state index contributed by atoms with van der Waals surface area (Å²) < 4.78 is 13.2. The van der Waals surface area contributed by atoms with Crippen molar-refractivity contribution in [2.45, 2.75) is 0 Å². The minimum absolute atomic E-state index is 0. The van der Waals surface area contributed by atoms with Crippen molar-refractivity contribution in [3.63, 3.8) is 0 Å². The fourth-order valence-electron chi connectivity index (χ4n) is 1.29. The second-order valence-corrected chi connectivity index (χ2v) is 2.72. The summed E-state index contributed by atoms with van der Waals surface area (Å²) >= 11 is 0. The highest BCUT2D eigenvalue weighted by Gasteiger charge is 1.99. The molecule has 0 bridgehead atoms. The Morgan fingerprint density at radius 1 is 1.08 bits per heavy atom. The molecular weight excluding hydrogens is 189 g/mol. The second-order valence-electron chi connectivity index (χ2n) is 2.72. The molecule has 0 radical (unpaired) electrons. The van der Waals surface area contributed by atoms with E-state index in [4.69, 9.17) is 5.73 Å². The first-order chi connectivity index (χ1) is 5.77. The Morgan fingerprint density at radius 3 is 2.54 bits per heavy atom. The van der Waals surface area contributed by atoms with E-state index in [-0.39, 0.29) is 18.2 Å². The molecule has 0 aromatic heterocycles. The van der Waals surface area contributed by atoms with Gasteiger partial charge in [0.2, 0.25) is 0 Å². The predicted octanol–water partition coefficient (Wildman–Crippen LogP) is 2.98. The molecule has 2 aromatic rings. The minimum Gasteiger partial charge on any atom is -0.399 e. The Kier molecular flexibility index (Phi) is 2.73. The first kappa shape index (κ1) is 9.81. The zero-order chi connectivity index (χ0) is 8.55. The summed E-state index contributed by atoms with van der Waals surface area (Å²) in [7, 11) is 0. The average molecular weight is 198 g/mol. The highest BCUT2D eigenvalue weighted by Crippen LogP contribution is 2.20. The van der Waals surface area contributed by atoms with Gasteiger partial charge in [-0.2, -0.15) is 0 Å². The van der Waals surface area contributed by atoms with Gasteiger partial charge in [-0.25, -0.2) is 4.39 Å². The van der Waals surface area contributed by atoms with Crippen LogP contribution in [-0.2, 0) is 0 Å². The van der Waals surface area contributed by atoms with Crippen molar-refractivity contribution in [3.05, 3.63) is 42.2 Å². The molecule has 2 aromatic carbocycles. The number of rotatable bonds is 0. The number of benzene rings is 2. The van der Waals surface area contributed by atoms with Gasteiger partial charge < -0.3 is 5.73 Å². The van der Waals surface area contributed by atoms with Gasteiger partial charge in [0, 0.05) is 11.1 Å². The van der Waals surface area contributed by atoms with Crippen molar-refractivity contribution >= 4 is 28.9 Å². The molecule has 3 heteroatoms. The van der Waals surface area contributed by atoms with Crippen LogP contribution in [0, 0.1) is 5.82 Å². The highest BCUT2D eigenvalue weighted by molar-refractivity contribution is 5.86. The second kappa shape index (κ2) is 3.62. The summed E-state index contributed by atoms with van der Waals surface area (Å²) in [6.07, 6.45) is 0. The maximum Gasteiger partial charge on any atom is 0.133 e. The predicted molar refractivity (Wildman–Crippen MR) is 55.6 cm³/mol. The number of hydrogen-bond donors (Lipinski definition) is 1. The first-order valence-electron chi connectivity index (χ1n) is 3.71. The Balaban J connectivity index is 0.000000845. The van der Waals surface area contributed by atoms with Gasteiger partial charge in [0.25, 0.3) is 0 Å². The molecule has 0 heterocycles. The minimum atomic E-state index is -0.259. The third-order valence-corrected chi connectivity index (χ3v) is 1.83. The molecule has 0 amide bonds. The van der Waals surface area contributed by atoms with Crippen LogP contribution in [0.25, 0.3) is 10.8 Å². The number of anilines is 1. The van der Waals surface area contributed by atoms with Crippen LogP contribution < -0.4 is 5.73 Å². The van der Waals surface area contributed by atoms with Crippen molar-refractivity contribution in [1.82, 2.24) is 0 Å². The van der Waals surface area contributed by atoms with Gasteiger partial charge in [0.1, 0.15) is 5.82 Å². The largest absolute Gasteiger partial charge is 0.399 e. The molecule has 0 fully saturated rings. The number of hydrogen-bond acceptors (Lipinski definition) is 1. The van der Waals surface area contributed by atoms with Gasteiger partial charge in [-0.3, -0.25) is 0 Å². The lowest BCUT2D eigenvalue weighted by atomic mass is 10.1. The van der Waals surface area contributed by atoms with Gasteiger partial charge >= 0.3 is 0 Å². The van der Waals surface area contributed by atoms with Crippen LogP contribution >= 0.6 is 12.4 Å². The van der Waals surface area contributed by atoms with Crippen molar-refractivity contribution in [2.24, 2.45) is 0 Å². The van der Waals surface area contributed by atoms with E-state index in [0.29, 0.717) is 11.1 Å². The molecule has 0 spiro atoms. The summed E-state index contributed by atoms with van der Waals surface area (Å²) in [5.41, 5.74) is 5.95. The maximum absolute atomic E-state index is 13.2. The third-order valence-electron chi connectivity index (χ3n) is 1.83. The molecule has 0 saturated heterocycles. The van der Waals surface area contributed by atoms with E-state index >= 15 is 0 Å². The number of fused-ring (bicyclic) bond motifs is 1. The van der Waals surface area contributed by atoms with Crippen molar-refractivity contribution in [2.75, 3.05) is 5.73 Å². The first-order valence-corrected chi connectivity index (χ1v) is 3.71. The van der Waals surface area contributed by atoms with Gasteiger partial charge in [0.15, 0.2) is 0 Å². The van der Waals surface area contributed by atoms with Crippen LogP contribution in [0.2, 0.25) is 0 Å².